The number of hydrogen-bond donors (Lipinski definition) is 0. The SMILES string of the molecule is CC(C)(C)OOC(CC1CCCC1)c1ccccc1. The molecule has 19 heavy (non-hydrogen) atoms. The zero-order chi connectivity index (χ0) is 13.7. The molecule has 1 aromatic rings. The van der Waals surface area contributed by atoms with Crippen molar-refractivity contribution in [3.8, 4) is 0 Å². The predicted molar refractivity (Wildman–Crippen MR) is 77.7 cm³/mol. The fraction of sp³-hybridized carbons (Fsp3) is 0.647. The molecule has 0 N–H and O–H groups in total. The minimum atomic E-state index is -0.261. The minimum absolute atomic E-state index is 0.0588. The van der Waals surface area contributed by atoms with Gasteiger partial charge in [0.2, 0.25) is 0 Å². The first-order valence-electron chi connectivity index (χ1n) is 7.44. The molecule has 0 amide bonds. The third kappa shape index (κ3) is 4.96. The van der Waals surface area contributed by atoms with E-state index in [4.69, 9.17) is 9.78 Å². The van der Waals surface area contributed by atoms with Crippen LogP contribution >= 0.6 is 0 Å². The van der Waals surface area contributed by atoms with Gasteiger partial charge in [0.25, 0.3) is 0 Å². The summed E-state index contributed by atoms with van der Waals surface area (Å²) in [4.78, 5) is 11.3. The van der Waals surface area contributed by atoms with Crippen LogP contribution in [-0.2, 0) is 9.78 Å². The van der Waals surface area contributed by atoms with Gasteiger partial charge in [0, 0.05) is 0 Å². The fourth-order valence-corrected chi connectivity index (χ4v) is 2.65. The summed E-state index contributed by atoms with van der Waals surface area (Å²) in [5.74, 6) is 0.786. The molecule has 0 bridgehead atoms. The van der Waals surface area contributed by atoms with Crippen molar-refractivity contribution in [2.75, 3.05) is 0 Å². The average molecular weight is 262 g/mol. The molecule has 0 aromatic heterocycles. The van der Waals surface area contributed by atoms with Gasteiger partial charge in [0.1, 0.15) is 6.10 Å². The molecular weight excluding hydrogens is 236 g/mol. The summed E-state index contributed by atoms with van der Waals surface area (Å²) in [6.45, 7) is 6.06. The highest BCUT2D eigenvalue weighted by molar-refractivity contribution is 5.17. The molecule has 1 fully saturated rings. The van der Waals surface area contributed by atoms with E-state index in [0.717, 1.165) is 12.3 Å². The Balaban J connectivity index is 2.00. The molecule has 0 heterocycles. The van der Waals surface area contributed by atoms with E-state index in [1.807, 2.05) is 26.8 Å². The Bertz CT molecular complexity index is 361. The lowest BCUT2D eigenvalue weighted by atomic mass is 9.96. The third-order valence-electron chi connectivity index (χ3n) is 3.61. The maximum Gasteiger partial charge on any atom is 0.118 e. The first kappa shape index (κ1) is 14.5. The van der Waals surface area contributed by atoms with Crippen LogP contribution in [0, 0.1) is 5.92 Å². The highest BCUT2D eigenvalue weighted by Crippen LogP contribution is 2.35. The van der Waals surface area contributed by atoms with Crippen molar-refractivity contribution in [1.82, 2.24) is 0 Å². The van der Waals surface area contributed by atoms with Gasteiger partial charge in [-0.25, -0.2) is 9.78 Å². The molecule has 0 aliphatic heterocycles. The molecule has 1 atom stereocenters. The van der Waals surface area contributed by atoms with Crippen LogP contribution in [0.2, 0.25) is 0 Å². The summed E-state index contributed by atoms with van der Waals surface area (Å²) in [5.41, 5.74) is 0.960. The molecule has 0 spiro atoms. The van der Waals surface area contributed by atoms with Crippen LogP contribution in [-0.4, -0.2) is 5.60 Å². The van der Waals surface area contributed by atoms with Gasteiger partial charge >= 0.3 is 0 Å². The average Bonchev–Trinajstić information content (AvgIpc) is 2.87. The summed E-state index contributed by atoms with van der Waals surface area (Å²) in [7, 11) is 0. The molecule has 0 radical (unpaired) electrons. The molecular formula is C17H26O2. The molecule has 1 saturated carbocycles. The first-order chi connectivity index (χ1) is 9.04. The smallest absolute Gasteiger partial charge is 0.118 e. The van der Waals surface area contributed by atoms with Gasteiger partial charge in [-0.3, -0.25) is 0 Å². The Labute approximate surface area is 117 Å². The maximum absolute atomic E-state index is 5.75. The second-order valence-electron chi connectivity index (χ2n) is 6.58. The molecule has 1 aliphatic rings. The van der Waals surface area contributed by atoms with Crippen LogP contribution in [0.25, 0.3) is 0 Å². The molecule has 1 unspecified atom stereocenters. The Kier molecular flexibility index (Phi) is 5.00. The van der Waals surface area contributed by atoms with Gasteiger partial charge in [-0.1, -0.05) is 56.0 Å². The summed E-state index contributed by atoms with van der Waals surface area (Å²) >= 11 is 0. The van der Waals surface area contributed by atoms with Gasteiger partial charge in [-0.2, -0.15) is 0 Å². The van der Waals surface area contributed by atoms with E-state index in [0.29, 0.717) is 0 Å². The minimum Gasteiger partial charge on any atom is -0.230 e. The Morgan fingerprint density at radius 2 is 1.74 bits per heavy atom. The lowest BCUT2D eigenvalue weighted by molar-refractivity contribution is -0.378. The van der Waals surface area contributed by atoms with Crippen molar-refractivity contribution in [1.29, 1.82) is 0 Å². The van der Waals surface area contributed by atoms with E-state index in [2.05, 4.69) is 24.3 Å². The van der Waals surface area contributed by atoms with Crippen LogP contribution in [0.4, 0.5) is 0 Å². The number of benzene rings is 1. The lowest BCUT2D eigenvalue weighted by Gasteiger charge is -2.25. The van der Waals surface area contributed by atoms with Crippen molar-refractivity contribution in [2.24, 2.45) is 5.92 Å². The van der Waals surface area contributed by atoms with Crippen molar-refractivity contribution >= 4 is 0 Å². The highest BCUT2D eigenvalue weighted by Gasteiger charge is 2.24. The molecule has 1 aliphatic carbocycles. The second-order valence-corrected chi connectivity index (χ2v) is 6.58. The van der Waals surface area contributed by atoms with E-state index in [1.165, 1.54) is 31.2 Å². The van der Waals surface area contributed by atoms with Crippen molar-refractivity contribution in [3.05, 3.63) is 35.9 Å². The summed E-state index contributed by atoms with van der Waals surface area (Å²) in [6, 6.07) is 10.4. The van der Waals surface area contributed by atoms with E-state index in [1.54, 1.807) is 0 Å². The summed E-state index contributed by atoms with van der Waals surface area (Å²) < 4.78 is 0. The van der Waals surface area contributed by atoms with E-state index in [9.17, 15) is 0 Å². The standard InChI is InChI=1S/C17H26O2/c1-17(2,3)19-18-16(13-14-9-7-8-10-14)15-11-5-4-6-12-15/h4-6,11-12,14,16H,7-10,13H2,1-3H3. The predicted octanol–water partition coefficient (Wildman–Crippen LogP) is 5.05. The third-order valence-corrected chi connectivity index (χ3v) is 3.61. The van der Waals surface area contributed by atoms with Gasteiger partial charge < -0.3 is 0 Å². The van der Waals surface area contributed by atoms with Gasteiger partial charge in [0.15, 0.2) is 0 Å². The van der Waals surface area contributed by atoms with Crippen molar-refractivity contribution in [2.45, 2.75) is 64.6 Å². The van der Waals surface area contributed by atoms with Gasteiger partial charge in [-0.05, 0) is 38.7 Å². The fourth-order valence-electron chi connectivity index (χ4n) is 2.65. The monoisotopic (exact) mass is 262 g/mol. The molecule has 1 aromatic carbocycles. The van der Waals surface area contributed by atoms with Crippen LogP contribution in [0.3, 0.4) is 0 Å². The van der Waals surface area contributed by atoms with Crippen LogP contribution < -0.4 is 0 Å². The lowest BCUT2D eigenvalue weighted by Crippen LogP contribution is -2.22. The maximum atomic E-state index is 5.75. The van der Waals surface area contributed by atoms with Crippen LogP contribution in [0.1, 0.15) is 64.5 Å². The Hall–Kier alpha value is -0.860. The largest absolute Gasteiger partial charge is 0.230 e. The molecule has 2 rings (SSSR count). The molecule has 106 valence electrons. The molecule has 0 saturated heterocycles. The van der Waals surface area contributed by atoms with E-state index < -0.39 is 0 Å². The quantitative estimate of drug-likeness (QED) is 0.546. The second kappa shape index (κ2) is 6.53. The van der Waals surface area contributed by atoms with Gasteiger partial charge in [-0.15, -0.1) is 0 Å². The van der Waals surface area contributed by atoms with Crippen LogP contribution in [0.5, 0.6) is 0 Å². The summed E-state index contributed by atoms with van der Waals surface area (Å²) in [6.07, 6.45) is 6.53. The normalized spacial score (nSPS) is 18.7. The topological polar surface area (TPSA) is 18.5 Å². The zero-order valence-electron chi connectivity index (χ0n) is 12.4. The number of rotatable bonds is 5. The highest BCUT2D eigenvalue weighted by atomic mass is 17.2. The summed E-state index contributed by atoms with van der Waals surface area (Å²) in [5, 5.41) is 0. The van der Waals surface area contributed by atoms with Crippen molar-refractivity contribution < 1.29 is 9.78 Å². The van der Waals surface area contributed by atoms with Crippen LogP contribution in [0.15, 0.2) is 30.3 Å². The van der Waals surface area contributed by atoms with Crippen molar-refractivity contribution in [3.63, 3.8) is 0 Å². The Morgan fingerprint density at radius 3 is 2.32 bits per heavy atom. The first-order valence-corrected chi connectivity index (χ1v) is 7.44. The van der Waals surface area contributed by atoms with Gasteiger partial charge in [0.05, 0.1) is 5.60 Å². The number of hydrogen-bond acceptors (Lipinski definition) is 2. The van der Waals surface area contributed by atoms with E-state index >= 15 is 0 Å². The molecule has 2 nitrogen and oxygen atoms in total. The van der Waals surface area contributed by atoms with E-state index in [-0.39, 0.29) is 11.7 Å². The molecule has 2 heteroatoms. The zero-order valence-corrected chi connectivity index (χ0v) is 12.4. The Morgan fingerprint density at radius 1 is 1.11 bits per heavy atom.